The number of thiophene rings is 1. The Morgan fingerprint density at radius 2 is 2.09 bits per heavy atom. The van der Waals surface area contributed by atoms with Gasteiger partial charge in [-0.3, -0.25) is 9.80 Å². The monoisotopic (exact) mass is 334 g/mol. The molecule has 0 spiro atoms. The number of hydrogen-bond acceptors (Lipinski definition) is 7. The molecule has 0 saturated carbocycles. The third-order valence-electron chi connectivity index (χ3n) is 4.52. The molecule has 2 aromatic rings. The molecule has 2 aliphatic rings. The van der Waals surface area contributed by atoms with Crippen molar-refractivity contribution in [2.75, 3.05) is 39.3 Å². The average Bonchev–Trinajstić information content (AvgIpc) is 3.31. The quantitative estimate of drug-likeness (QED) is 0.835. The lowest BCUT2D eigenvalue weighted by atomic mass is 10.2. The molecular formula is C16H22N4O2S. The van der Waals surface area contributed by atoms with Gasteiger partial charge in [0.1, 0.15) is 0 Å². The minimum atomic E-state index is 0.450. The predicted molar refractivity (Wildman–Crippen MR) is 88.3 cm³/mol. The third kappa shape index (κ3) is 3.80. The topological polar surface area (TPSA) is 54.6 Å². The van der Waals surface area contributed by atoms with Crippen LogP contribution in [0.2, 0.25) is 0 Å². The van der Waals surface area contributed by atoms with Crippen LogP contribution >= 0.6 is 11.3 Å². The Kier molecular flexibility index (Phi) is 4.70. The Balaban J connectivity index is 1.26. The van der Waals surface area contributed by atoms with Gasteiger partial charge in [-0.2, -0.15) is 4.98 Å². The van der Waals surface area contributed by atoms with Crippen molar-refractivity contribution in [3.63, 3.8) is 0 Å². The molecule has 2 aromatic heterocycles. The van der Waals surface area contributed by atoms with Gasteiger partial charge in [-0.25, -0.2) is 0 Å². The van der Waals surface area contributed by atoms with E-state index in [0.717, 1.165) is 50.8 Å². The van der Waals surface area contributed by atoms with Crippen molar-refractivity contribution in [2.24, 2.45) is 0 Å². The highest BCUT2D eigenvalue weighted by Gasteiger charge is 2.23. The van der Waals surface area contributed by atoms with Crippen LogP contribution in [0, 0.1) is 0 Å². The minimum Gasteiger partial charge on any atom is -0.377 e. The zero-order valence-corrected chi connectivity index (χ0v) is 14.0. The molecule has 0 amide bonds. The van der Waals surface area contributed by atoms with E-state index < -0.39 is 0 Å². The Morgan fingerprint density at radius 1 is 1.22 bits per heavy atom. The fourth-order valence-electron chi connectivity index (χ4n) is 3.22. The van der Waals surface area contributed by atoms with Gasteiger partial charge in [0.05, 0.1) is 17.5 Å². The third-order valence-corrected chi connectivity index (χ3v) is 5.39. The highest BCUT2D eigenvalue weighted by molar-refractivity contribution is 7.13. The van der Waals surface area contributed by atoms with Gasteiger partial charge in [0.15, 0.2) is 0 Å². The van der Waals surface area contributed by atoms with E-state index in [1.54, 1.807) is 11.3 Å². The average molecular weight is 334 g/mol. The highest BCUT2D eigenvalue weighted by Crippen LogP contribution is 2.22. The van der Waals surface area contributed by atoms with Crippen molar-refractivity contribution in [2.45, 2.75) is 25.5 Å². The van der Waals surface area contributed by atoms with Gasteiger partial charge in [-0.05, 0) is 24.3 Å². The molecule has 0 N–H and O–H groups in total. The maximum atomic E-state index is 5.73. The summed E-state index contributed by atoms with van der Waals surface area (Å²) in [6.45, 7) is 7.03. The second-order valence-electron chi connectivity index (χ2n) is 6.20. The molecule has 23 heavy (non-hydrogen) atoms. The van der Waals surface area contributed by atoms with Crippen molar-refractivity contribution in [1.82, 2.24) is 19.9 Å². The number of nitrogens with zero attached hydrogens (tertiary/aromatic N) is 4. The number of piperazine rings is 1. The Morgan fingerprint density at radius 3 is 2.83 bits per heavy atom. The molecule has 0 aliphatic carbocycles. The summed E-state index contributed by atoms with van der Waals surface area (Å²) in [5.41, 5.74) is 0. The second kappa shape index (κ2) is 7.09. The van der Waals surface area contributed by atoms with Crippen molar-refractivity contribution in [1.29, 1.82) is 0 Å². The standard InChI is InChI=1S/C16H22N4O2S/c1-3-13(21-9-1)11-19-5-7-20(8-6-19)12-15-17-16(18-22-15)14-4-2-10-23-14/h2,4,10,13H,1,3,5-9,11-12H2/t13-/m1/s1. The van der Waals surface area contributed by atoms with E-state index >= 15 is 0 Å². The lowest BCUT2D eigenvalue weighted by Crippen LogP contribution is -2.48. The molecule has 0 radical (unpaired) electrons. The largest absolute Gasteiger partial charge is 0.377 e. The van der Waals surface area contributed by atoms with Crippen molar-refractivity contribution < 1.29 is 9.26 Å². The summed E-state index contributed by atoms with van der Waals surface area (Å²) in [6.07, 6.45) is 2.88. The summed E-state index contributed by atoms with van der Waals surface area (Å²) >= 11 is 1.63. The first-order valence-electron chi connectivity index (χ1n) is 8.29. The smallest absolute Gasteiger partial charge is 0.241 e. The van der Waals surface area contributed by atoms with Gasteiger partial charge in [0.25, 0.3) is 0 Å². The lowest BCUT2D eigenvalue weighted by molar-refractivity contribution is 0.0468. The molecule has 7 heteroatoms. The normalized spacial score (nSPS) is 23.6. The summed E-state index contributed by atoms with van der Waals surface area (Å²) in [5, 5.41) is 6.10. The SMILES string of the molecule is c1csc(-c2noc(CN3CCN(C[C@H]4CCCO4)CC3)n2)c1. The molecule has 4 rings (SSSR count). The summed E-state index contributed by atoms with van der Waals surface area (Å²) in [4.78, 5) is 10.5. The van der Waals surface area contributed by atoms with Crippen molar-refractivity contribution in [3.05, 3.63) is 23.4 Å². The maximum Gasteiger partial charge on any atom is 0.241 e. The first-order valence-corrected chi connectivity index (χ1v) is 9.17. The lowest BCUT2D eigenvalue weighted by Gasteiger charge is -2.34. The zero-order chi connectivity index (χ0) is 15.5. The fraction of sp³-hybridized carbons (Fsp3) is 0.625. The van der Waals surface area contributed by atoms with Crippen LogP contribution < -0.4 is 0 Å². The summed E-state index contributed by atoms with van der Waals surface area (Å²) < 4.78 is 11.1. The van der Waals surface area contributed by atoms with Crippen LogP contribution in [-0.4, -0.2) is 65.4 Å². The van der Waals surface area contributed by atoms with E-state index in [-0.39, 0.29) is 0 Å². The number of aromatic nitrogens is 2. The van der Waals surface area contributed by atoms with Crippen LogP contribution in [0.15, 0.2) is 22.0 Å². The van der Waals surface area contributed by atoms with Gasteiger partial charge in [0.2, 0.25) is 11.7 Å². The number of rotatable bonds is 5. The van der Waals surface area contributed by atoms with E-state index in [0.29, 0.717) is 17.8 Å². The van der Waals surface area contributed by atoms with Crippen LogP contribution in [-0.2, 0) is 11.3 Å². The Bertz CT molecular complexity index is 601. The first kappa shape index (κ1) is 15.3. The van der Waals surface area contributed by atoms with Gasteiger partial charge >= 0.3 is 0 Å². The van der Waals surface area contributed by atoms with E-state index in [1.165, 1.54) is 12.8 Å². The number of hydrogen-bond donors (Lipinski definition) is 0. The molecular weight excluding hydrogens is 312 g/mol. The summed E-state index contributed by atoms with van der Waals surface area (Å²) in [6, 6.07) is 4.02. The molecule has 2 aliphatic heterocycles. The molecule has 6 nitrogen and oxygen atoms in total. The van der Waals surface area contributed by atoms with Crippen LogP contribution in [0.5, 0.6) is 0 Å². The second-order valence-corrected chi connectivity index (χ2v) is 7.15. The summed E-state index contributed by atoms with van der Waals surface area (Å²) in [5.74, 6) is 1.41. The van der Waals surface area contributed by atoms with Crippen LogP contribution in [0.3, 0.4) is 0 Å². The molecule has 2 fully saturated rings. The Labute approximate surface area is 140 Å². The van der Waals surface area contributed by atoms with E-state index in [1.807, 2.05) is 17.5 Å². The molecule has 4 heterocycles. The van der Waals surface area contributed by atoms with E-state index in [9.17, 15) is 0 Å². The van der Waals surface area contributed by atoms with Gasteiger partial charge < -0.3 is 9.26 Å². The molecule has 0 aromatic carbocycles. The molecule has 0 unspecified atom stereocenters. The minimum absolute atomic E-state index is 0.450. The van der Waals surface area contributed by atoms with Crippen molar-refractivity contribution >= 4 is 11.3 Å². The zero-order valence-electron chi connectivity index (χ0n) is 13.2. The fourth-order valence-corrected chi connectivity index (χ4v) is 3.87. The van der Waals surface area contributed by atoms with Crippen LogP contribution in [0.1, 0.15) is 18.7 Å². The van der Waals surface area contributed by atoms with E-state index in [2.05, 4.69) is 19.9 Å². The molecule has 2 saturated heterocycles. The van der Waals surface area contributed by atoms with Crippen LogP contribution in [0.25, 0.3) is 10.7 Å². The van der Waals surface area contributed by atoms with E-state index in [4.69, 9.17) is 9.26 Å². The van der Waals surface area contributed by atoms with Gasteiger partial charge in [-0.1, -0.05) is 11.2 Å². The van der Waals surface area contributed by atoms with Gasteiger partial charge in [-0.15, -0.1) is 11.3 Å². The highest BCUT2D eigenvalue weighted by atomic mass is 32.1. The Hall–Kier alpha value is -1.28. The molecule has 0 bridgehead atoms. The predicted octanol–water partition coefficient (Wildman–Crippen LogP) is 2.09. The van der Waals surface area contributed by atoms with Crippen LogP contribution in [0.4, 0.5) is 0 Å². The molecule has 1 atom stereocenters. The van der Waals surface area contributed by atoms with Gasteiger partial charge in [0, 0.05) is 39.3 Å². The summed E-state index contributed by atoms with van der Waals surface area (Å²) in [7, 11) is 0. The number of ether oxygens (including phenoxy) is 1. The molecule has 124 valence electrons. The first-order chi connectivity index (χ1) is 11.4. The van der Waals surface area contributed by atoms with Crippen molar-refractivity contribution in [3.8, 4) is 10.7 Å². The maximum absolute atomic E-state index is 5.73.